The fraction of sp³-hybridized carbons (Fsp3) is 0.120. The highest BCUT2D eigenvalue weighted by Crippen LogP contribution is 2.44. The molecule has 0 saturated heterocycles. The van der Waals surface area contributed by atoms with Gasteiger partial charge in [-0.3, -0.25) is 14.5 Å². The van der Waals surface area contributed by atoms with Crippen LogP contribution in [-0.4, -0.2) is 27.0 Å². The molecule has 5 rings (SSSR count). The Hall–Kier alpha value is -3.21. The Kier molecular flexibility index (Phi) is 6.59. The number of Topliss-reactive ketones (excluding diaryl/α,β-unsaturated/α-hetero) is 1. The normalized spacial score (nSPS) is 15.8. The number of benzene rings is 2. The van der Waals surface area contributed by atoms with Crippen molar-refractivity contribution in [1.29, 1.82) is 0 Å². The van der Waals surface area contributed by atoms with Crippen LogP contribution >= 0.6 is 39.0 Å². The first kappa shape index (κ1) is 23.5. The Morgan fingerprint density at radius 3 is 2.54 bits per heavy atom. The molecular weight excluding hydrogens is 550 g/mol. The van der Waals surface area contributed by atoms with Crippen LogP contribution in [0.2, 0.25) is 0 Å². The maximum absolute atomic E-state index is 13.4. The van der Waals surface area contributed by atoms with Gasteiger partial charge in [0.25, 0.3) is 5.91 Å². The van der Waals surface area contributed by atoms with Gasteiger partial charge in [0.2, 0.25) is 10.9 Å². The van der Waals surface area contributed by atoms with Gasteiger partial charge in [-0.1, -0.05) is 81.5 Å². The van der Waals surface area contributed by atoms with Gasteiger partial charge < -0.3 is 9.52 Å². The van der Waals surface area contributed by atoms with Gasteiger partial charge in [-0.15, -0.1) is 10.2 Å². The van der Waals surface area contributed by atoms with Crippen LogP contribution in [0.15, 0.2) is 91.3 Å². The van der Waals surface area contributed by atoms with Crippen LogP contribution in [0.25, 0.3) is 0 Å². The van der Waals surface area contributed by atoms with Crippen molar-refractivity contribution in [1.82, 2.24) is 10.2 Å². The number of hydrogen-bond donors (Lipinski definition) is 1. The molecule has 3 heterocycles. The summed E-state index contributed by atoms with van der Waals surface area (Å²) in [4.78, 5) is 28.0. The fourth-order valence-corrected chi connectivity index (χ4v) is 5.85. The number of aryl methyl sites for hydroxylation is 1. The van der Waals surface area contributed by atoms with Crippen LogP contribution in [0.1, 0.15) is 33.5 Å². The number of aromatic nitrogens is 2. The van der Waals surface area contributed by atoms with E-state index in [-0.39, 0.29) is 11.3 Å². The summed E-state index contributed by atoms with van der Waals surface area (Å²) >= 11 is 6.15. The van der Waals surface area contributed by atoms with Crippen LogP contribution in [-0.2, 0) is 10.5 Å². The lowest BCUT2D eigenvalue weighted by Gasteiger charge is -2.23. The summed E-state index contributed by atoms with van der Waals surface area (Å²) in [5.41, 5.74) is 1.73. The summed E-state index contributed by atoms with van der Waals surface area (Å²) in [7, 11) is 0. The topological polar surface area (TPSA) is 96.5 Å². The number of hydrogen-bond acceptors (Lipinski definition) is 8. The summed E-state index contributed by atoms with van der Waals surface area (Å²) in [5.74, 6) is -0.574. The SMILES string of the molecule is Cc1ccc(C(=O)C2=C(O)C(=O)N(c3nnc(SCc4ccccc4)s3)C2c2ccc(Br)cc2)o1. The molecule has 1 unspecified atom stereocenters. The Morgan fingerprint density at radius 2 is 1.86 bits per heavy atom. The molecule has 0 spiro atoms. The standard InChI is InChI=1S/C25H18BrN3O4S2/c1-14-7-12-18(33-14)21(30)19-20(16-8-10-17(26)11-9-16)29(23(32)22(19)31)24-27-28-25(35-24)34-13-15-5-3-2-4-6-15/h2-12,20,31H,13H2,1H3. The molecule has 1 N–H and O–H groups in total. The minimum Gasteiger partial charge on any atom is -0.503 e. The molecule has 0 bridgehead atoms. The van der Waals surface area contributed by atoms with E-state index in [0.29, 0.717) is 26.5 Å². The van der Waals surface area contributed by atoms with Gasteiger partial charge in [-0.25, -0.2) is 0 Å². The van der Waals surface area contributed by atoms with E-state index in [2.05, 4.69) is 26.1 Å². The lowest BCUT2D eigenvalue weighted by Crippen LogP contribution is -2.31. The maximum atomic E-state index is 13.4. The molecule has 0 radical (unpaired) electrons. The Balaban J connectivity index is 1.50. The number of nitrogens with zero attached hydrogens (tertiary/aromatic N) is 3. The molecule has 1 amide bonds. The van der Waals surface area contributed by atoms with Crippen molar-refractivity contribution < 1.29 is 19.1 Å². The van der Waals surface area contributed by atoms with Crippen molar-refractivity contribution in [2.24, 2.45) is 0 Å². The molecule has 1 aliphatic rings. The van der Waals surface area contributed by atoms with Crippen molar-refractivity contribution in [2.45, 2.75) is 23.1 Å². The van der Waals surface area contributed by atoms with Gasteiger partial charge in [-0.05, 0) is 42.3 Å². The van der Waals surface area contributed by atoms with Gasteiger partial charge in [0, 0.05) is 10.2 Å². The number of thioether (sulfide) groups is 1. The summed E-state index contributed by atoms with van der Waals surface area (Å²) in [5, 5.41) is 19.6. The van der Waals surface area contributed by atoms with Crippen LogP contribution in [0.3, 0.4) is 0 Å². The molecule has 176 valence electrons. The first-order valence-electron chi connectivity index (χ1n) is 10.6. The van der Waals surface area contributed by atoms with Gasteiger partial charge in [0.05, 0.1) is 11.6 Å². The number of rotatable bonds is 7. The third-order valence-electron chi connectivity index (χ3n) is 5.41. The highest BCUT2D eigenvalue weighted by atomic mass is 79.9. The van der Waals surface area contributed by atoms with Crippen LogP contribution in [0.5, 0.6) is 0 Å². The van der Waals surface area contributed by atoms with Crippen molar-refractivity contribution in [3.05, 3.63) is 105 Å². The molecular formula is C25H18BrN3O4S2. The van der Waals surface area contributed by atoms with E-state index in [0.717, 1.165) is 10.0 Å². The minimum atomic E-state index is -0.881. The number of furan rings is 1. The van der Waals surface area contributed by atoms with Gasteiger partial charge in [0.15, 0.2) is 15.9 Å². The molecule has 0 saturated carbocycles. The van der Waals surface area contributed by atoms with E-state index in [1.807, 2.05) is 42.5 Å². The Labute approximate surface area is 217 Å². The third-order valence-corrected chi connectivity index (χ3v) is 8.07. The average molecular weight is 568 g/mol. The molecule has 7 nitrogen and oxygen atoms in total. The largest absolute Gasteiger partial charge is 0.503 e. The monoisotopic (exact) mass is 567 g/mol. The quantitative estimate of drug-likeness (QED) is 0.159. The molecule has 0 fully saturated rings. The number of ketones is 1. The van der Waals surface area contributed by atoms with Crippen molar-refractivity contribution in [3.8, 4) is 0 Å². The van der Waals surface area contributed by atoms with Crippen LogP contribution in [0.4, 0.5) is 5.13 Å². The number of carbonyl (C=O) groups excluding carboxylic acids is 2. The lowest BCUT2D eigenvalue weighted by molar-refractivity contribution is -0.117. The van der Waals surface area contributed by atoms with E-state index >= 15 is 0 Å². The molecule has 0 aliphatic carbocycles. The summed E-state index contributed by atoms with van der Waals surface area (Å²) in [6.45, 7) is 1.72. The maximum Gasteiger partial charge on any atom is 0.296 e. The molecule has 1 atom stereocenters. The van der Waals surface area contributed by atoms with E-state index in [4.69, 9.17) is 4.42 Å². The molecule has 2 aromatic carbocycles. The summed E-state index contributed by atoms with van der Waals surface area (Å²) < 4.78 is 7.02. The summed E-state index contributed by atoms with van der Waals surface area (Å²) in [6, 6.07) is 19.5. The third kappa shape index (κ3) is 4.69. The highest BCUT2D eigenvalue weighted by molar-refractivity contribution is 9.10. The Bertz CT molecular complexity index is 1430. The number of halogens is 1. The number of aliphatic hydroxyl groups is 1. The Morgan fingerprint density at radius 1 is 1.11 bits per heavy atom. The van der Waals surface area contributed by atoms with E-state index in [1.165, 1.54) is 34.1 Å². The fourth-order valence-electron chi connectivity index (χ4n) is 3.76. The van der Waals surface area contributed by atoms with Crippen molar-refractivity contribution >= 4 is 55.9 Å². The highest BCUT2D eigenvalue weighted by Gasteiger charge is 2.46. The lowest BCUT2D eigenvalue weighted by atomic mass is 9.95. The number of anilines is 1. The molecule has 10 heteroatoms. The van der Waals surface area contributed by atoms with Gasteiger partial charge in [0.1, 0.15) is 5.76 Å². The van der Waals surface area contributed by atoms with E-state index in [1.54, 1.807) is 25.1 Å². The predicted molar refractivity (Wildman–Crippen MR) is 138 cm³/mol. The van der Waals surface area contributed by atoms with Gasteiger partial charge in [-0.2, -0.15) is 0 Å². The first-order valence-corrected chi connectivity index (χ1v) is 13.2. The summed E-state index contributed by atoms with van der Waals surface area (Å²) in [6.07, 6.45) is 0. The zero-order valence-electron chi connectivity index (χ0n) is 18.3. The van der Waals surface area contributed by atoms with Crippen molar-refractivity contribution in [2.75, 3.05) is 4.90 Å². The van der Waals surface area contributed by atoms with Crippen molar-refractivity contribution in [3.63, 3.8) is 0 Å². The van der Waals surface area contributed by atoms with E-state index < -0.39 is 23.5 Å². The second kappa shape index (κ2) is 9.80. The first-order chi connectivity index (χ1) is 16.9. The predicted octanol–water partition coefficient (Wildman–Crippen LogP) is 6.28. The van der Waals surface area contributed by atoms with Gasteiger partial charge >= 0.3 is 0 Å². The zero-order chi connectivity index (χ0) is 24.5. The van der Waals surface area contributed by atoms with Crippen LogP contribution < -0.4 is 4.90 Å². The minimum absolute atomic E-state index is 0.0529. The van der Waals surface area contributed by atoms with Crippen LogP contribution in [0, 0.1) is 6.92 Å². The zero-order valence-corrected chi connectivity index (χ0v) is 21.6. The van der Waals surface area contributed by atoms with E-state index in [9.17, 15) is 14.7 Å². The molecule has 1 aliphatic heterocycles. The average Bonchev–Trinajstić information content (AvgIpc) is 3.57. The number of aliphatic hydroxyl groups excluding tert-OH is 1. The molecule has 35 heavy (non-hydrogen) atoms. The molecule has 4 aromatic rings. The molecule has 2 aromatic heterocycles. The second-order valence-electron chi connectivity index (χ2n) is 7.76. The number of carbonyl (C=O) groups is 2. The second-order valence-corrected chi connectivity index (χ2v) is 10.8. The smallest absolute Gasteiger partial charge is 0.296 e. The number of amides is 1.